The van der Waals surface area contributed by atoms with Crippen LogP contribution in [0.5, 0.6) is 0 Å². The van der Waals surface area contributed by atoms with Crippen LogP contribution in [0.4, 0.5) is 14.9 Å². The van der Waals surface area contributed by atoms with E-state index in [4.69, 9.17) is 16.3 Å². The number of hydrogen-bond donors (Lipinski definition) is 1. The van der Waals surface area contributed by atoms with Crippen molar-refractivity contribution in [2.24, 2.45) is 0 Å². The molecule has 1 aliphatic rings. The molecule has 0 saturated heterocycles. The second-order valence-corrected chi connectivity index (χ2v) is 10.8. The molecule has 38 heavy (non-hydrogen) atoms. The van der Waals surface area contributed by atoms with Crippen LogP contribution < -0.4 is 5.32 Å². The number of aryl methyl sites for hydroxylation is 2. The summed E-state index contributed by atoms with van der Waals surface area (Å²) in [7, 11) is 0. The fourth-order valence-electron chi connectivity index (χ4n) is 4.60. The van der Waals surface area contributed by atoms with Gasteiger partial charge in [-0.1, -0.05) is 54.1 Å². The molecule has 8 heteroatoms. The average molecular weight is 549 g/mol. The van der Waals surface area contributed by atoms with Crippen LogP contribution >= 0.6 is 23.1 Å². The van der Waals surface area contributed by atoms with E-state index in [9.17, 15) is 9.59 Å². The maximum atomic E-state index is 15.4. The van der Waals surface area contributed by atoms with Gasteiger partial charge in [0.1, 0.15) is 18.2 Å². The Balaban J connectivity index is 1.38. The molecular formula is C30H26ClFN2O3S. The van der Waals surface area contributed by atoms with Crippen molar-refractivity contribution in [2.75, 3.05) is 5.32 Å². The monoisotopic (exact) mass is 548 g/mol. The largest absolute Gasteiger partial charge is 0.441 e. The minimum Gasteiger partial charge on any atom is -0.441 e. The van der Waals surface area contributed by atoms with Crippen LogP contribution in [0.2, 0.25) is 5.02 Å². The Hall–Kier alpha value is -3.55. The number of benzene rings is 3. The number of carbonyl (C=O) groups excluding carboxylic acids is 2. The zero-order valence-corrected chi connectivity index (χ0v) is 22.8. The summed E-state index contributed by atoms with van der Waals surface area (Å²) in [4.78, 5) is 24.8. The van der Waals surface area contributed by atoms with E-state index >= 15 is 4.39 Å². The molecule has 0 bridgehead atoms. The molecule has 0 unspecified atom stereocenters. The number of aldehydes is 1. The van der Waals surface area contributed by atoms with Gasteiger partial charge in [-0.25, -0.2) is 9.18 Å². The lowest BCUT2D eigenvalue weighted by Crippen LogP contribution is -2.17. The van der Waals surface area contributed by atoms with Gasteiger partial charge >= 0.3 is 6.09 Å². The zero-order chi connectivity index (χ0) is 27.0. The smallest absolute Gasteiger partial charge is 0.412 e. The summed E-state index contributed by atoms with van der Waals surface area (Å²) in [5.74, 6) is -0.387. The molecule has 0 radical (unpaired) electrons. The van der Waals surface area contributed by atoms with Gasteiger partial charge in [-0.15, -0.1) is 0 Å². The van der Waals surface area contributed by atoms with Crippen molar-refractivity contribution in [3.05, 3.63) is 93.9 Å². The van der Waals surface area contributed by atoms with Gasteiger partial charge in [-0.2, -0.15) is 4.37 Å². The van der Waals surface area contributed by atoms with E-state index in [1.807, 2.05) is 43.3 Å². The first-order valence-electron chi connectivity index (χ1n) is 12.3. The quantitative estimate of drug-likeness (QED) is 0.235. The van der Waals surface area contributed by atoms with Gasteiger partial charge in [-0.05, 0) is 80.0 Å². The highest BCUT2D eigenvalue weighted by Gasteiger charge is 2.44. The lowest BCUT2D eigenvalue weighted by atomic mass is 9.93. The zero-order valence-electron chi connectivity index (χ0n) is 21.2. The van der Waals surface area contributed by atoms with E-state index < -0.39 is 12.2 Å². The number of halogens is 2. The summed E-state index contributed by atoms with van der Waals surface area (Å²) in [6.45, 7) is 5.42. The van der Waals surface area contributed by atoms with Crippen molar-refractivity contribution < 1.29 is 18.7 Å². The van der Waals surface area contributed by atoms with Gasteiger partial charge in [0.05, 0.1) is 21.7 Å². The third kappa shape index (κ3) is 4.96. The molecule has 1 N–H and O–H groups in total. The summed E-state index contributed by atoms with van der Waals surface area (Å²) in [5, 5.41) is 3.31. The molecule has 194 valence electrons. The molecule has 1 fully saturated rings. The van der Waals surface area contributed by atoms with Crippen molar-refractivity contribution in [3.8, 4) is 21.6 Å². The van der Waals surface area contributed by atoms with Crippen LogP contribution in [0.1, 0.15) is 48.3 Å². The van der Waals surface area contributed by atoms with Gasteiger partial charge in [-0.3, -0.25) is 5.32 Å². The normalized spacial score (nSPS) is 14.6. The molecule has 0 aliphatic heterocycles. The van der Waals surface area contributed by atoms with Gasteiger partial charge in [0.15, 0.2) is 0 Å². The van der Waals surface area contributed by atoms with Crippen molar-refractivity contribution in [2.45, 2.75) is 45.1 Å². The molecule has 1 aliphatic carbocycles. The van der Waals surface area contributed by atoms with E-state index in [2.05, 4.69) is 9.69 Å². The molecule has 0 spiro atoms. The number of ether oxygens (including phenoxy) is 1. The van der Waals surface area contributed by atoms with Crippen LogP contribution in [0, 0.1) is 19.7 Å². The van der Waals surface area contributed by atoms with Gasteiger partial charge < -0.3 is 9.53 Å². The van der Waals surface area contributed by atoms with Crippen molar-refractivity contribution in [1.82, 2.24) is 4.37 Å². The topological polar surface area (TPSA) is 68.3 Å². The Labute approximate surface area is 229 Å². The third-order valence-corrected chi connectivity index (χ3v) is 8.38. The Kier molecular flexibility index (Phi) is 7.07. The third-order valence-electron chi connectivity index (χ3n) is 7.06. The number of amides is 1. The molecule has 5 rings (SSSR count). The highest BCUT2D eigenvalue weighted by molar-refractivity contribution is 7.10. The fourth-order valence-corrected chi connectivity index (χ4v) is 5.82. The second-order valence-electron chi connectivity index (χ2n) is 9.66. The predicted octanol–water partition coefficient (Wildman–Crippen LogP) is 8.43. The SMILES string of the molecule is Cc1cc(-c2ccc(C3(C=O)CC3)cc2)c(F)cc1-c1snc(C)c1NC(=O)O[C@H](C)c1ccccc1Cl. The number of aromatic nitrogens is 1. The lowest BCUT2D eigenvalue weighted by molar-refractivity contribution is -0.109. The molecule has 4 aromatic rings. The van der Waals surface area contributed by atoms with Crippen LogP contribution in [0.3, 0.4) is 0 Å². The summed E-state index contributed by atoms with van der Waals surface area (Å²) in [5.41, 5.74) is 5.07. The molecule has 3 aromatic carbocycles. The summed E-state index contributed by atoms with van der Waals surface area (Å²) < 4.78 is 25.4. The van der Waals surface area contributed by atoms with Crippen LogP contribution in [0.15, 0.2) is 60.7 Å². The van der Waals surface area contributed by atoms with E-state index in [0.717, 1.165) is 35.8 Å². The lowest BCUT2D eigenvalue weighted by Gasteiger charge is -2.16. The number of nitrogens with one attached hydrogen (secondary N) is 1. The summed E-state index contributed by atoms with van der Waals surface area (Å²) in [6.07, 6.45) is 1.51. The van der Waals surface area contributed by atoms with Crippen molar-refractivity contribution >= 4 is 41.2 Å². The molecular weight excluding hydrogens is 523 g/mol. The maximum Gasteiger partial charge on any atom is 0.412 e. The van der Waals surface area contributed by atoms with E-state index in [1.165, 1.54) is 17.6 Å². The van der Waals surface area contributed by atoms with E-state index in [1.54, 1.807) is 32.0 Å². The maximum absolute atomic E-state index is 15.4. The van der Waals surface area contributed by atoms with Crippen LogP contribution in [-0.2, 0) is 14.9 Å². The Morgan fingerprint density at radius 2 is 1.84 bits per heavy atom. The Morgan fingerprint density at radius 1 is 1.13 bits per heavy atom. The molecule has 1 saturated carbocycles. The average Bonchev–Trinajstić information content (AvgIpc) is 3.63. The second kappa shape index (κ2) is 10.3. The fraction of sp³-hybridized carbons (Fsp3) is 0.233. The summed E-state index contributed by atoms with van der Waals surface area (Å²) in [6, 6.07) is 18.0. The predicted molar refractivity (Wildman–Crippen MR) is 149 cm³/mol. The number of nitrogens with zero attached hydrogens (tertiary/aromatic N) is 1. The Bertz CT molecular complexity index is 1530. The molecule has 1 amide bonds. The van der Waals surface area contributed by atoms with Crippen molar-refractivity contribution in [3.63, 3.8) is 0 Å². The van der Waals surface area contributed by atoms with Crippen LogP contribution in [0.25, 0.3) is 21.6 Å². The first-order chi connectivity index (χ1) is 18.2. The number of rotatable bonds is 7. The van der Waals surface area contributed by atoms with Crippen molar-refractivity contribution in [1.29, 1.82) is 0 Å². The number of carbonyl (C=O) groups is 2. The standard InChI is InChI=1S/C30H26ClFN2O3S/c1-17-14-24(20-8-10-21(11-9-20)30(16-35)12-13-30)26(32)15-23(17)28-27(18(2)34-38-28)33-29(36)37-19(3)22-6-4-5-7-25(22)31/h4-11,14-16,19H,12-13H2,1-3H3,(H,33,36)/t19-/m1/s1. The minimum atomic E-state index is -0.652. The molecule has 1 atom stereocenters. The molecule has 1 heterocycles. The highest BCUT2D eigenvalue weighted by Crippen LogP contribution is 2.46. The van der Waals surface area contributed by atoms with E-state index in [-0.39, 0.29) is 11.2 Å². The number of hydrogen-bond acceptors (Lipinski definition) is 5. The Morgan fingerprint density at radius 3 is 2.50 bits per heavy atom. The summed E-state index contributed by atoms with van der Waals surface area (Å²) >= 11 is 7.42. The van der Waals surface area contributed by atoms with Gasteiger partial charge in [0.2, 0.25) is 0 Å². The molecule has 1 aromatic heterocycles. The number of anilines is 1. The minimum absolute atomic E-state index is 0.365. The van der Waals surface area contributed by atoms with E-state index in [0.29, 0.717) is 38.0 Å². The first kappa shape index (κ1) is 26.1. The first-order valence-corrected chi connectivity index (χ1v) is 13.4. The molecule has 5 nitrogen and oxygen atoms in total. The van der Waals surface area contributed by atoms with Crippen LogP contribution in [-0.4, -0.2) is 16.8 Å². The van der Waals surface area contributed by atoms with Gasteiger partial charge in [0, 0.05) is 21.7 Å². The van der Waals surface area contributed by atoms with Gasteiger partial charge in [0.25, 0.3) is 0 Å². The highest BCUT2D eigenvalue weighted by atomic mass is 35.5.